The molecule has 29 heavy (non-hydrogen) atoms. The van der Waals surface area contributed by atoms with E-state index in [2.05, 4.69) is 15.4 Å². The predicted octanol–water partition coefficient (Wildman–Crippen LogP) is 1.08. The van der Waals surface area contributed by atoms with Crippen LogP contribution in [0.3, 0.4) is 0 Å². The summed E-state index contributed by atoms with van der Waals surface area (Å²) in [7, 11) is 1.18. The van der Waals surface area contributed by atoms with Gasteiger partial charge in [0.15, 0.2) is 0 Å². The predicted molar refractivity (Wildman–Crippen MR) is 104 cm³/mol. The monoisotopic (exact) mass is 408 g/mol. The van der Waals surface area contributed by atoms with Gasteiger partial charge in [-0.05, 0) is 12.0 Å². The van der Waals surface area contributed by atoms with E-state index in [0.717, 1.165) is 5.56 Å². The molecule has 9 nitrogen and oxygen atoms in total. The zero-order valence-corrected chi connectivity index (χ0v) is 16.7. The van der Waals surface area contributed by atoms with Crippen LogP contribution in [0.25, 0.3) is 0 Å². The van der Waals surface area contributed by atoms with Gasteiger partial charge in [-0.25, -0.2) is 9.59 Å². The number of hydrogen-bond acceptors (Lipinski definition) is 7. The molecule has 2 atom stereocenters. The smallest absolute Gasteiger partial charge is 0.407 e. The van der Waals surface area contributed by atoms with Gasteiger partial charge in [0.05, 0.1) is 19.6 Å². The number of carbonyl (C=O) groups is 4. The van der Waals surface area contributed by atoms with Crippen molar-refractivity contribution in [2.45, 2.75) is 51.4 Å². The first-order valence-electron chi connectivity index (χ1n) is 9.37. The summed E-state index contributed by atoms with van der Waals surface area (Å²) >= 11 is 0. The average molecular weight is 408 g/mol. The number of aliphatic hydroxyl groups excluding tert-OH is 1. The van der Waals surface area contributed by atoms with Gasteiger partial charge in [-0.15, -0.1) is 0 Å². The van der Waals surface area contributed by atoms with Crippen LogP contribution in [0, 0.1) is 0 Å². The molecule has 0 saturated carbocycles. The van der Waals surface area contributed by atoms with Gasteiger partial charge in [0, 0.05) is 19.4 Å². The summed E-state index contributed by atoms with van der Waals surface area (Å²) in [6, 6.07) is 8.12. The number of Topliss-reactive ketones (excluding diaryl/α,β-unsaturated/α-hetero) is 1. The molecule has 0 saturated heterocycles. The van der Waals surface area contributed by atoms with Crippen LogP contribution in [0.4, 0.5) is 4.79 Å². The number of rotatable bonds is 12. The highest BCUT2D eigenvalue weighted by Crippen LogP contribution is 2.04. The Morgan fingerprint density at radius 3 is 2.45 bits per heavy atom. The fourth-order valence-corrected chi connectivity index (χ4v) is 2.39. The fraction of sp³-hybridized carbons (Fsp3) is 0.500. The number of methoxy groups -OCH3 is 1. The zero-order chi connectivity index (χ0) is 21.6. The maximum atomic E-state index is 12.0. The normalized spacial score (nSPS) is 12.4. The van der Waals surface area contributed by atoms with Crippen LogP contribution in [0.15, 0.2) is 30.3 Å². The zero-order valence-electron chi connectivity index (χ0n) is 16.7. The van der Waals surface area contributed by atoms with Gasteiger partial charge in [0.2, 0.25) is 5.91 Å². The number of benzene rings is 1. The van der Waals surface area contributed by atoms with Crippen molar-refractivity contribution >= 4 is 23.8 Å². The summed E-state index contributed by atoms with van der Waals surface area (Å²) in [6.45, 7) is 1.60. The maximum absolute atomic E-state index is 12.0. The maximum Gasteiger partial charge on any atom is 0.407 e. The molecule has 160 valence electrons. The fourth-order valence-electron chi connectivity index (χ4n) is 2.39. The second kappa shape index (κ2) is 13.3. The molecular weight excluding hydrogens is 380 g/mol. The van der Waals surface area contributed by atoms with Crippen molar-refractivity contribution in [1.29, 1.82) is 0 Å². The lowest BCUT2D eigenvalue weighted by molar-refractivity contribution is -0.145. The number of ether oxygens (including phenoxy) is 2. The molecule has 1 aromatic rings. The lowest BCUT2D eigenvalue weighted by Gasteiger charge is -2.17. The highest BCUT2D eigenvalue weighted by atomic mass is 16.5. The summed E-state index contributed by atoms with van der Waals surface area (Å²) in [5, 5.41) is 14.7. The summed E-state index contributed by atoms with van der Waals surface area (Å²) in [6.07, 6.45) is -1.64. The van der Waals surface area contributed by atoms with Gasteiger partial charge in [-0.2, -0.15) is 0 Å². The molecule has 9 heteroatoms. The van der Waals surface area contributed by atoms with Gasteiger partial charge in [0.1, 0.15) is 18.4 Å². The molecule has 0 aliphatic heterocycles. The number of ketones is 1. The minimum Gasteiger partial charge on any atom is -0.467 e. The van der Waals surface area contributed by atoms with Gasteiger partial charge < -0.3 is 25.2 Å². The molecule has 0 spiro atoms. The minimum absolute atomic E-state index is 0.0357. The van der Waals surface area contributed by atoms with E-state index >= 15 is 0 Å². The Morgan fingerprint density at radius 2 is 1.83 bits per heavy atom. The first-order chi connectivity index (χ1) is 13.8. The lowest BCUT2D eigenvalue weighted by atomic mass is 10.1. The lowest BCUT2D eigenvalue weighted by Crippen LogP contribution is -2.44. The van der Waals surface area contributed by atoms with Gasteiger partial charge in [-0.1, -0.05) is 37.3 Å². The Morgan fingerprint density at radius 1 is 1.14 bits per heavy atom. The second-order valence-corrected chi connectivity index (χ2v) is 6.37. The molecular formula is C20H28N2O7. The summed E-state index contributed by atoms with van der Waals surface area (Å²) in [5.41, 5.74) is 0.818. The topological polar surface area (TPSA) is 131 Å². The molecule has 2 amide bonds. The van der Waals surface area contributed by atoms with Crippen molar-refractivity contribution < 1.29 is 33.8 Å². The number of esters is 1. The van der Waals surface area contributed by atoms with E-state index in [1.54, 1.807) is 19.1 Å². The van der Waals surface area contributed by atoms with Crippen molar-refractivity contribution in [1.82, 2.24) is 10.6 Å². The van der Waals surface area contributed by atoms with E-state index in [-0.39, 0.29) is 38.2 Å². The number of alkyl carbamates (subject to hydrolysis) is 1. The summed E-state index contributed by atoms with van der Waals surface area (Å²) in [4.78, 5) is 46.9. The second-order valence-electron chi connectivity index (χ2n) is 6.37. The van der Waals surface area contributed by atoms with E-state index in [9.17, 15) is 24.3 Å². The Hall–Kier alpha value is -2.94. The van der Waals surface area contributed by atoms with E-state index in [0.29, 0.717) is 6.42 Å². The summed E-state index contributed by atoms with van der Waals surface area (Å²) < 4.78 is 9.63. The number of amides is 2. The van der Waals surface area contributed by atoms with Crippen molar-refractivity contribution in [3.8, 4) is 0 Å². The SMILES string of the molecule is CCC(=O)CC[C@H](NC(=O)C[C@@H](O)CNC(=O)OCc1ccccc1)C(=O)OC. The van der Waals surface area contributed by atoms with E-state index in [1.807, 2.05) is 18.2 Å². The van der Waals surface area contributed by atoms with Crippen LogP contribution in [0.1, 0.15) is 38.2 Å². The highest BCUT2D eigenvalue weighted by molar-refractivity contribution is 5.85. The third-order valence-electron chi connectivity index (χ3n) is 4.04. The van der Waals surface area contributed by atoms with Crippen molar-refractivity contribution in [2.75, 3.05) is 13.7 Å². The minimum atomic E-state index is -1.17. The summed E-state index contributed by atoms with van der Waals surface area (Å²) in [5.74, 6) is -1.30. The molecule has 1 rings (SSSR count). The molecule has 0 aromatic heterocycles. The van der Waals surface area contributed by atoms with Gasteiger partial charge in [-0.3, -0.25) is 9.59 Å². The van der Waals surface area contributed by atoms with E-state index in [1.165, 1.54) is 7.11 Å². The van der Waals surface area contributed by atoms with Crippen molar-refractivity contribution in [3.63, 3.8) is 0 Å². The van der Waals surface area contributed by atoms with E-state index < -0.39 is 30.1 Å². The van der Waals surface area contributed by atoms with Crippen LogP contribution in [-0.2, 0) is 30.5 Å². The molecule has 0 aliphatic rings. The molecule has 0 heterocycles. The van der Waals surface area contributed by atoms with Crippen LogP contribution >= 0.6 is 0 Å². The number of aliphatic hydroxyl groups is 1. The molecule has 0 fully saturated rings. The first-order valence-corrected chi connectivity index (χ1v) is 9.37. The molecule has 1 aromatic carbocycles. The third-order valence-corrected chi connectivity index (χ3v) is 4.04. The number of nitrogens with one attached hydrogen (secondary N) is 2. The molecule has 3 N–H and O–H groups in total. The Kier molecular flexibility index (Phi) is 11.0. The molecule has 0 radical (unpaired) electrons. The molecule has 0 aliphatic carbocycles. The van der Waals surface area contributed by atoms with Crippen LogP contribution in [0.5, 0.6) is 0 Å². The standard InChI is InChI=1S/C20H28N2O7/c1-3-15(23)9-10-17(19(26)28-2)22-18(25)11-16(24)12-21-20(27)29-13-14-7-5-4-6-8-14/h4-8,16-17,24H,3,9-13H2,1-2H3,(H,21,27)(H,22,25)/t16-,17+/m1/s1. The van der Waals surface area contributed by atoms with Crippen LogP contribution in [-0.4, -0.2) is 54.7 Å². The third kappa shape index (κ3) is 10.2. The van der Waals surface area contributed by atoms with Gasteiger partial charge in [0.25, 0.3) is 0 Å². The van der Waals surface area contributed by atoms with Crippen LogP contribution in [0.2, 0.25) is 0 Å². The largest absolute Gasteiger partial charge is 0.467 e. The van der Waals surface area contributed by atoms with Gasteiger partial charge >= 0.3 is 12.1 Å². The molecule has 0 unspecified atom stereocenters. The van der Waals surface area contributed by atoms with Crippen LogP contribution < -0.4 is 10.6 Å². The average Bonchev–Trinajstić information content (AvgIpc) is 2.73. The van der Waals surface area contributed by atoms with Crippen molar-refractivity contribution in [2.24, 2.45) is 0 Å². The Balaban J connectivity index is 2.35. The number of hydrogen-bond donors (Lipinski definition) is 3. The quantitative estimate of drug-likeness (QED) is 0.441. The number of carbonyl (C=O) groups excluding carboxylic acids is 4. The van der Waals surface area contributed by atoms with E-state index in [4.69, 9.17) is 4.74 Å². The Bertz CT molecular complexity index is 679. The first kappa shape index (κ1) is 24.1. The highest BCUT2D eigenvalue weighted by Gasteiger charge is 2.23. The molecule has 0 bridgehead atoms. The van der Waals surface area contributed by atoms with Crippen molar-refractivity contribution in [3.05, 3.63) is 35.9 Å². The Labute approximate surface area is 169 Å².